The lowest BCUT2D eigenvalue weighted by molar-refractivity contribution is 0.0303. The van der Waals surface area contributed by atoms with Crippen molar-refractivity contribution < 1.29 is 14.3 Å². The molecule has 30 heavy (non-hydrogen) atoms. The molecule has 3 aromatic rings. The van der Waals surface area contributed by atoms with Crippen LogP contribution in [-0.2, 0) is 4.74 Å². The molecule has 0 atom stereocenters. The van der Waals surface area contributed by atoms with Gasteiger partial charge in [0.2, 0.25) is 0 Å². The summed E-state index contributed by atoms with van der Waals surface area (Å²) in [7, 11) is 0. The first-order valence-electron chi connectivity index (χ1n) is 9.98. The molecule has 2 amide bonds. The molecule has 0 saturated carbocycles. The topological polar surface area (TPSA) is 58.6 Å². The van der Waals surface area contributed by atoms with Crippen molar-refractivity contribution in [3.05, 3.63) is 76.9 Å². The standard InChI is InChI=1S/C24H24N2O3S/c1-16-8-10-19(11-9-16)22(27)25-23-20(24(28)26-12-14-29-15-13-26)17(2)21(30-23)18-6-4-3-5-7-18/h3-11H,12-15H2,1-2H3,(H,25,27). The van der Waals surface area contributed by atoms with Crippen LogP contribution in [0.2, 0.25) is 0 Å². The SMILES string of the molecule is Cc1ccc(C(=O)Nc2sc(-c3ccccc3)c(C)c2C(=O)N2CCOCC2)cc1. The number of thiophene rings is 1. The van der Waals surface area contributed by atoms with Crippen LogP contribution in [0.4, 0.5) is 5.00 Å². The smallest absolute Gasteiger partial charge is 0.257 e. The van der Waals surface area contributed by atoms with Crippen molar-refractivity contribution in [1.82, 2.24) is 4.90 Å². The molecule has 5 nitrogen and oxygen atoms in total. The molecule has 154 valence electrons. The Bertz CT molecular complexity index is 1050. The minimum Gasteiger partial charge on any atom is -0.378 e. The zero-order chi connectivity index (χ0) is 21.1. The highest BCUT2D eigenvalue weighted by Gasteiger charge is 2.28. The molecule has 0 spiro atoms. The van der Waals surface area contributed by atoms with Crippen molar-refractivity contribution in [2.24, 2.45) is 0 Å². The van der Waals surface area contributed by atoms with Crippen LogP contribution in [0, 0.1) is 13.8 Å². The van der Waals surface area contributed by atoms with Gasteiger partial charge in [-0.05, 0) is 37.1 Å². The fourth-order valence-corrected chi connectivity index (χ4v) is 4.73. The summed E-state index contributed by atoms with van der Waals surface area (Å²) >= 11 is 1.45. The van der Waals surface area contributed by atoms with Gasteiger partial charge in [-0.3, -0.25) is 9.59 Å². The van der Waals surface area contributed by atoms with E-state index >= 15 is 0 Å². The average molecular weight is 421 g/mol. The molecule has 1 fully saturated rings. The van der Waals surface area contributed by atoms with Crippen molar-refractivity contribution in [3.8, 4) is 10.4 Å². The molecule has 0 aliphatic carbocycles. The molecular formula is C24H24N2O3S. The molecule has 1 aromatic heterocycles. The first kappa shape index (κ1) is 20.3. The monoisotopic (exact) mass is 420 g/mol. The number of carbonyl (C=O) groups excluding carboxylic acids is 2. The van der Waals surface area contributed by atoms with E-state index in [1.807, 2.05) is 56.3 Å². The summed E-state index contributed by atoms with van der Waals surface area (Å²) in [5, 5.41) is 3.59. The van der Waals surface area contributed by atoms with Crippen LogP contribution in [0.25, 0.3) is 10.4 Å². The third kappa shape index (κ3) is 4.15. The van der Waals surface area contributed by atoms with Gasteiger partial charge in [0, 0.05) is 23.5 Å². The summed E-state index contributed by atoms with van der Waals surface area (Å²) in [6.45, 7) is 6.11. The summed E-state index contributed by atoms with van der Waals surface area (Å²) in [5.74, 6) is -0.277. The molecule has 0 bridgehead atoms. The highest BCUT2D eigenvalue weighted by atomic mass is 32.1. The average Bonchev–Trinajstić information content (AvgIpc) is 3.10. The minimum atomic E-state index is -0.216. The fraction of sp³-hybridized carbons (Fsp3) is 0.250. The van der Waals surface area contributed by atoms with Crippen molar-refractivity contribution in [1.29, 1.82) is 0 Å². The molecular weight excluding hydrogens is 396 g/mol. The van der Waals surface area contributed by atoms with Gasteiger partial charge in [-0.15, -0.1) is 11.3 Å². The van der Waals surface area contributed by atoms with E-state index < -0.39 is 0 Å². The van der Waals surface area contributed by atoms with Gasteiger partial charge in [0.15, 0.2) is 0 Å². The van der Waals surface area contributed by atoms with Gasteiger partial charge in [0.1, 0.15) is 5.00 Å². The van der Waals surface area contributed by atoms with Crippen molar-refractivity contribution >= 4 is 28.2 Å². The second kappa shape index (κ2) is 8.81. The highest BCUT2D eigenvalue weighted by Crippen LogP contribution is 2.40. The molecule has 0 unspecified atom stereocenters. The number of anilines is 1. The maximum atomic E-state index is 13.4. The van der Waals surface area contributed by atoms with Crippen LogP contribution < -0.4 is 5.32 Å². The van der Waals surface area contributed by atoms with Gasteiger partial charge in [0.25, 0.3) is 11.8 Å². The van der Waals surface area contributed by atoms with Gasteiger partial charge >= 0.3 is 0 Å². The fourth-order valence-electron chi connectivity index (χ4n) is 3.53. The van der Waals surface area contributed by atoms with Gasteiger partial charge in [-0.25, -0.2) is 0 Å². The Morgan fingerprint density at radius 2 is 1.63 bits per heavy atom. The van der Waals surface area contributed by atoms with Crippen molar-refractivity contribution in [2.45, 2.75) is 13.8 Å². The molecule has 2 heterocycles. The maximum absolute atomic E-state index is 13.4. The zero-order valence-electron chi connectivity index (χ0n) is 17.1. The van der Waals surface area contributed by atoms with E-state index in [0.717, 1.165) is 21.6 Å². The van der Waals surface area contributed by atoms with Crippen LogP contribution in [0.5, 0.6) is 0 Å². The largest absolute Gasteiger partial charge is 0.378 e. The van der Waals surface area contributed by atoms with E-state index in [0.29, 0.717) is 42.4 Å². The quantitative estimate of drug-likeness (QED) is 0.662. The molecule has 6 heteroatoms. The second-order valence-corrected chi connectivity index (χ2v) is 8.37. The first-order valence-corrected chi connectivity index (χ1v) is 10.8. The van der Waals surface area contributed by atoms with Crippen molar-refractivity contribution in [2.75, 3.05) is 31.6 Å². The lowest BCUT2D eigenvalue weighted by Gasteiger charge is -2.27. The van der Waals surface area contributed by atoms with E-state index in [1.54, 1.807) is 17.0 Å². The number of amides is 2. The summed E-state index contributed by atoms with van der Waals surface area (Å²) in [6, 6.07) is 17.4. The van der Waals surface area contributed by atoms with Gasteiger partial charge < -0.3 is 15.0 Å². The number of aryl methyl sites for hydroxylation is 1. The normalized spacial score (nSPS) is 13.9. The van der Waals surface area contributed by atoms with Gasteiger partial charge in [0.05, 0.1) is 18.8 Å². The number of morpholine rings is 1. The predicted octanol–water partition coefficient (Wildman–Crippen LogP) is 4.76. The lowest BCUT2D eigenvalue weighted by Crippen LogP contribution is -2.41. The summed E-state index contributed by atoms with van der Waals surface area (Å²) in [5.41, 5.74) is 4.15. The van der Waals surface area contributed by atoms with E-state index in [-0.39, 0.29) is 11.8 Å². The Labute approximate surface area is 180 Å². The summed E-state index contributed by atoms with van der Waals surface area (Å²) < 4.78 is 5.39. The van der Waals surface area contributed by atoms with E-state index in [9.17, 15) is 9.59 Å². The van der Waals surface area contributed by atoms with Gasteiger partial charge in [-0.1, -0.05) is 48.0 Å². The van der Waals surface area contributed by atoms with Crippen molar-refractivity contribution in [3.63, 3.8) is 0 Å². The number of ether oxygens (including phenoxy) is 1. The Hall–Kier alpha value is -2.96. The first-order chi connectivity index (χ1) is 14.5. The number of nitrogens with zero attached hydrogens (tertiary/aromatic N) is 1. The molecule has 4 rings (SSSR count). The number of hydrogen-bond acceptors (Lipinski definition) is 4. The Kier molecular flexibility index (Phi) is 5.97. The minimum absolute atomic E-state index is 0.0616. The van der Waals surface area contributed by atoms with Gasteiger partial charge in [-0.2, -0.15) is 0 Å². The van der Waals surface area contributed by atoms with Crippen LogP contribution in [0.15, 0.2) is 54.6 Å². The molecule has 1 N–H and O–H groups in total. The maximum Gasteiger partial charge on any atom is 0.257 e. The molecule has 2 aromatic carbocycles. The Morgan fingerprint density at radius 3 is 2.30 bits per heavy atom. The number of rotatable bonds is 4. The molecule has 1 aliphatic rings. The molecule has 1 aliphatic heterocycles. The Morgan fingerprint density at radius 1 is 0.967 bits per heavy atom. The third-order valence-electron chi connectivity index (χ3n) is 5.24. The Balaban J connectivity index is 1.72. The second-order valence-electron chi connectivity index (χ2n) is 7.35. The molecule has 0 radical (unpaired) electrons. The highest BCUT2D eigenvalue weighted by molar-refractivity contribution is 7.20. The van der Waals surface area contributed by atoms with Crippen LogP contribution in [-0.4, -0.2) is 43.0 Å². The van der Waals surface area contributed by atoms with E-state index in [1.165, 1.54) is 11.3 Å². The zero-order valence-corrected chi connectivity index (χ0v) is 17.9. The number of nitrogens with one attached hydrogen (secondary N) is 1. The lowest BCUT2D eigenvalue weighted by atomic mass is 10.1. The van der Waals surface area contributed by atoms with E-state index in [4.69, 9.17) is 4.74 Å². The number of benzene rings is 2. The van der Waals surface area contributed by atoms with Crippen LogP contribution in [0.1, 0.15) is 31.8 Å². The predicted molar refractivity (Wildman–Crippen MR) is 120 cm³/mol. The van der Waals surface area contributed by atoms with E-state index in [2.05, 4.69) is 5.32 Å². The molecule has 1 saturated heterocycles. The summed E-state index contributed by atoms with van der Waals surface area (Å²) in [4.78, 5) is 29.1. The van der Waals surface area contributed by atoms with Crippen LogP contribution >= 0.6 is 11.3 Å². The summed E-state index contributed by atoms with van der Waals surface area (Å²) in [6.07, 6.45) is 0. The number of hydrogen-bond donors (Lipinski definition) is 1. The third-order valence-corrected chi connectivity index (χ3v) is 6.49. The number of carbonyl (C=O) groups is 2. The van der Waals surface area contributed by atoms with Crippen LogP contribution in [0.3, 0.4) is 0 Å².